The van der Waals surface area contributed by atoms with Crippen LogP contribution in [-0.4, -0.2) is 61.1 Å². The Hall–Kier alpha value is -1.95. The lowest BCUT2D eigenvalue weighted by Gasteiger charge is -2.36. The third-order valence-corrected chi connectivity index (χ3v) is 3.49. The normalized spacial score (nSPS) is 15.5. The van der Waals surface area contributed by atoms with Gasteiger partial charge in [0.2, 0.25) is 0 Å². The molecule has 1 amide bonds. The Kier molecular flexibility index (Phi) is 5.71. The van der Waals surface area contributed by atoms with Gasteiger partial charge in [0.15, 0.2) is 0 Å². The van der Waals surface area contributed by atoms with Crippen molar-refractivity contribution in [3.8, 4) is 5.75 Å². The Labute approximate surface area is 137 Å². The molecular formula is C17H26N2O4. The first kappa shape index (κ1) is 17.4. The van der Waals surface area contributed by atoms with Gasteiger partial charge in [-0.2, -0.15) is 0 Å². The van der Waals surface area contributed by atoms with Crippen molar-refractivity contribution >= 4 is 11.8 Å². The maximum absolute atomic E-state index is 12.1. The topological polar surface area (TPSA) is 62.2 Å². The average Bonchev–Trinajstić information content (AvgIpc) is 2.52. The zero-order valence-corrected chi connectivity index (χ0v) is 14.1. The third-order valence-electron chi connectivity index (χ3n) is 3.49. The highest BCUT2D eigenvalue weighted by Gasteiger charge is 2.25. The van der Waals surface area contributed by atoms with Crippen molar-refractivity contribution in [2.75, 3.05) is 44.3 Å². The van der Waals surface area contributed by atoms with Crippen molar-refractivity contribution in [3.05, 3.63) is 24.3 Å². The molecule has 0 atom stereocenters. The smallest absolute Gasteiger partial charge is 0.410 e. The number of carbonyl (C=O) groups excluding carboxylic acids is 1. The number of carbonyl (C=O) groups is 1. The molecule has 1 aliphatic heterocycles. The Balaban J connectivity index is 1.85. The van der Waals surface area contributed by atoms with Crippen molar-refractivity contribution in [2.45, 2.75) is 26.4 Å². The molecular weight excluding hydrogens is 296 g/mol. The summed E-state index contributed by atoms with van der Waals surface area (Å²) in [6, 6.07) is 7.78. The number of hydrogen-bond acceptors (Lipinski definition) is 5. The number of aliphatic hydroxyl groups excluding tert-OH is 1. The molecule has 1 heterocycles. The second-order valence-corrected chi connectivity index (χ2v) is 6.52. The van der Waals surface area contributed by atoms with Crippen LogP contribution in [0.2, 0.25) is 0 Å². The van der Waals surface area contributed by atoms with Crippen molar-refractivity contribution < 1.29 is 19.4 Å². The molecule has 0 unspecified atom stereocenters. The molecule has 1 aliphatic rings. The van der Waals surface area contributed by atoms with E-state index in [1.807, 2.05) is 45.0 Å². The third kappa shape index (κ3) is 5.32. The molecule has 2 rings (SSSR count). The van der Waals surface area contributed by atoms with Crippen LogP contribution in [0, 0.1) is 0 Å². The molecule has 128 valence electrons. The number of benzene rings is 1. The SMILES string of the molecule is CC(C)(C)OC(=O)N1CCN(c2ccc(OCCO)cc2)CC1. The van der Waals surface area contributed by atoms with Crippen LogP contribution in [0.1, 0.15) is 20.8 Å². The number of nitrogens with zero attached hydrogens (tertiary/aromatic N) is 2. The Morgan fingerprint density at radius 1 is 1.13 bits per heavy atom. The molecule has 0 aliphatic carbocycles. The highest BCUT2D eigenvalue weighted by atomic mass is 16.6. The van der Waals surface area contributed by atoms with Gasteiger partial charge in [0, 0.05) is 31.9 Å². The van der Waals surface area contributed by atoms with E-state index in [0.717, 1.165) is 24.5 Å². The van der Waals surface area contributed by atoms with Gasteiger partial charge in [-0.1, -0.05) is 0 Å². The van der Waals surface area contributed by atoms with Crippen LogP contribution >= 0.6 is 0 Å². The molecule has 0 aromatic heterocycles. The summed E-state index contributed by atoms with van der Waals surface area (Å²) in [6.45, 7) is 8.79. The molecule has 0 bridgehead atoms. The van der Waals surface area contributed by atoms with Crippen LogP contribution in [0.25, 0.3) is 0 Å². The van der Waals surface area contributed by atoms with Crippen molar-refractivity contribution in [2.24, 2.45) is 0 Å². The van der Waals surface area contributed by atoms with Gasteiger partial charge in [0.05, 0.1) is 6.61 Å². The molecule has 1 aromatic carbocycles. The van der Waals surface area contributed by atoms with Crippen LogP contribution < -0.4 is 9.64 Å². The molecule has 23 heavy (non-hydrogen) atoms. The summed E-state index contributed by atoms with van der Waals surface area (Å²) < 4.78 is 10.8. The first-order chi connectivity index (χ1) is 10.9. The number of aliphatic hydroxyl groups is 1. The summed E-state index contributed by atoms with van der Waals surface area (Å²) in [5, 5.41) is 8.75. The highest BCUT2D eigenvalue weighted by molar-refractivity contribution is 5.68. The molecule has 0 spiro atoms. The first-order valence-corrected chi connectivity index (χ1v) is 7.95. The highest BCUT2D eigenvalue weighted by Crippen LogP contribution is 2.21. The summed E-state index contributed by atoms with van der Waals surface area (Å²) in [7, 11) is 0. The van der Waals surface area contributed by atoms with Crippen LogP contribution in [-0.2, 0) is 4.74 Å². The monoisotopic (exact) mass is 322 g/mol. The summed E-state index contributed by atoms with van der Waals surface area (Å²) in [4.78, 5) is 16.0. The van der Waals surface area contributed by atoms with Crippen molar-refractivity contribution in [3.63, 3.8) is 0 Å². The Bertz CT molecular complexity index is 502. The van der Waals surface area contributed by atoms with E-state index in [1.54, 1.807) is 4.90 Å². The van der Waals surface area contributed by atoms with Gasteiger partial charge in [0.25, 0.3) is 0 Å². The maximum atomic E-state index is 12.1. The van der Waals surface area contributed by atoms with Crippen LogP contribution in [0.5, 0.6) is 5.75 Å². The standard InChI is InChI=1S/C17H26N2O4/c1-17(2,3)23-16(21)19-10-8-18(9-11-19)14-4-6-15(7-5-14)22-13-12-20/h4-7,20H,8-13H2,1-3H3. The predicted octanol–water partition coefficient (Wildman–Crippen LogP) is 2.11. The minimum Gasteiger partial charge on any atom is -0.491 e. The van der Waals surface area contributed by atoms with Gasteiger partial charge in [-0.05, 0) is 45.0 Å². The minimum absolute atomic E-state index is 0.00831. The second kappa shape index (κ2) is 7.55. The number of ether oxygens (including phenoxy) is 2. The van der Waals surface area contributed by atoms with Gasteiger partial charge < -0.3 is 24.4 Å². The lowest BCUT2D eigenvalue weighted by atomic mass is 10.2. The lowest BCUT2D eigenvalue weighted by Crippen LogP contribution is -2.50. The first-order valence-electron chi connectivity index (χ1n) is 7.95. The van der Waals surface area contributed by atoms with E-state index in [0.29, 0.717) is 19.7 Å². The molecule has 0 saturated carbocycles. The van der Waals surface area contributed by atoms with E-state index >= 15 is 0 Å². The quantitative estimate of drug-likeness (QED) is 0.920. The fraction of sp³-hybridized carbons (Fsp3) is 0.588. The van der Waals surface area contributed by atoms with E-state index in [9.17, 15) is 4.79 Å². The molecule has 1 fully saturated rings. The Morgan fingerprint density at radius 3 is 2.26 bits per heavy atom. The van der Waals surface area contributed by atoms with Crippen molar-refractivity contribution in [1.29, 1.82) is 0 Å². The van der Waals surface area contributed by atoms with Gasteiger partial charge >= 0.3 is 6.09 Å². The summed E-state index contributed by atoms with van der Waals surface area (Å²) in [6.07, 6.45) is -0.245. The van der Waals surface area contributed by atoms with E-state index in [-0.39, 0.29) is 12.7 Å². The number of piperazine rings is 1. The molecule has 1 N–H and O–H groups in total. The fourth-order valence-electron chi connectivity index (χ4n) is 2.39. The van der Waals surface area contributed by atoms with E-state index in [1.165, 1.54) is 0 Å². The second-order valence-electron chi connectivity index (χ2n) is 6.52. The zero-order valence-electron chi connectivity index (χ0n) is 14.1. The van der Waals surface area contributed by atoms with E-state index in [2.05, 4.69) is 4.90 Å². The molecule has 0 radical (unpaired) electrons. The van der Waals surface area contributed by atoms with E-state index < -0.39 is 5.60 Å². The number of anilines is 1. The largest absolute Gasteiger partial charge is 0.491 e. The minimum atomic E-state index is -0.460. The number of amides is 1. The molecule has 1 saturated heterocycles. The maximum Gasteiger partial charge on any atom is 0.410 e. The molecule has 6 heteroatoms. The Morgan fingerprint density at radius 2 is 1.74 bits per heavy atom. The molecule has 1 aromatic rings. The van der Waals surface area contributed by atoms with Gasteiger partial charge in [-0.25, -0.2) is 4.79 Å². The summed E-state index contributed by atoms with van der Waals surface area (Å²) in [5.74, 6) is 0.746. The predicted molar refractivity (Wildman–Crippen MR) is 89.0 cm³/mol. The van der Waals surface area contributed by atoms with Crippen LogP contribution in [0.4, 0.5) is 10.5 Å². The van der Waals surface area contributed by atoms with Crippen LogP contribution in [0.3, 0.4) is 0 Å². The van der Waals surface area contributed by atoms with Gasteiger partial charge in [-0.3, -0.25) is 0 Å². The van der Waals surface area contributed by atoms with Gasteiger partial charge in [0.1, 0.15) is 18.0 Å². The lowest BCUT2D eigenvalue weighted by molar-refractivity contribution is 0.0240. The fourth-order valence-corrected chi connectivity index (χ4v) is 2.39. The zero-order chi connectivity index (χ0) is 16.9. The van der Waals surface area contributed by atoms with Crippen molar-refractivity contribution in [1.82, 2.24) is 4.90 Å². The van der Waals surface area contributed by atoms with Gasteiger partial charge in [-0.15, -0.1) is 0 Å². The summed E-state index contributed by atoms with van der Waals surface area (Å²) >= 11 is 0. The molecule has 6 nitrogen and oxygen atoms in total. The summed E-state index contributed by atoms with van der Waals surface area (Å²) in [5.41, 5.74) is 0.642. The van der Waals surface area contributed by atoms with E-state index in [4.69, 9.17) is 14.6 Å². The number of rotatable bonds is 4. The average molecular weight is 322 g/mol. The number of hydrogen-bond donors (Lipinski definition) is 1. The van der Waals surface area contributed by atoms with Crippen LogP contribution in [0.15, 0.2) is 24.3 Å².